The first-order chi connectivity index (χ1) is 8.00. The van der Waals surface area contributed by atoms with Crippen molar-refractivity contribution in [2.24, 2.45) is 0 Å². The quantitative estimate of drug-likeness (QED) is 0.613. The fourth-order valence-corrected chi connectivity index (χ4v) is 2.05. The summed E-state index contributed by atoms with van der Waals surface area (Å²) in [5.74, 6) is 0.694. The van der Waals surface area contributed by atoms with Gasteiger partial charge in [0.1, 0.15) is 11.5 Å². The zero-order valence-electron chi connectivity index (χ0n) is 9.99. The molecule has 0 aromatic carbocycles. The van der Waals surface area contributed by atoms with E-state index in [4.69, 9.17) is 0 Å². The molecule has 17 heavy (non-hydrogen) atoms. The molecule has 0 saturated carbocycles. The second kappa shape index (κ2) is 4.29. The molecule has 0 aliphatic carbocycles. The van der Waals surface area contributed by atoms with Crippen molar-refractivity contribution in [2.45, 2.75) is 25.8 Å². The smallest absolute Gasteiger partial charge is 0.290 e. The van der Waals surface area contributed by atoms with Gasteiger partial charge >= 0.3 is 0 Å². The van der Waals surface area contributed by atoms with Gasteiger partial charge in [-0.1, -0.05) is 0 Å². The maximum Gasteiger partial charge on any atom is 0.290 e. The first kappa shape index (κ1) is 11.8. The van der Waals surface area contributed by atoms with Crippen molar-refractivity contribution in [3.05, 3.63) is 27.9 Å². The van der Waals surface area contributed by atoms with Gasteiger partial charge in [0.05, 0.1) is 4.92 Å². The topological polar surface area (TPSA) is 80.1 Å². The Hall–Kier alpha value is -1.69. The third-order valence-electron chi connectivity index (χ3n) is 3.05. The van der Waals surface area contributed by atoms with Crippen LogP contribution in [0.5, 0.6) is 0 Å². The lowest BCUT2D eigenvalue weighted by Gasteiger charge is -2.25. The van der Waals surface area contributed by atoms with E-state index in [0.717, 1.165) is 19.5 Å². The Kier molecular flexibility index (Phi) is 2.97. The molecular weight excluding hydrogens is 220 g/mol. The van der Waals surface area contributed by atoms with Gasteiger partial charge in [0.2, 0.25) is 0 Å². The number of rotatable bonds is 3. The van der Waals surface area contributed by atoms with E-state index in [0.29, 0.717) is 11.5 Å². The molecule has 0 radical (unpaired) electrons. The summed E-state index contributed by atoms with van der Waals surface area (Å²) >= 11 is 0. The molecule has 1 aliphatic rings. The molecule has 1 aliphatic heterocycles. The van der Waals surface area contributed by atoms with Crippen molar-refractivity contribution >= 4 is 11.5 Å². The number of pyridine rings is 1. The van der Waals surface area contributed by atoms with E-state index < -0.39 is 4.92 Å². The fraction of sp³-hybridized carbons (Fsp3) is 0.545. The molecule has 92 valence electrons. The first-order valence-corrected chi connectivity index (χ1v) is 5.61. The molecule has 6 heteroatoms. The minimum Gasteiger partial charge on any atom is -0.364 e. The molecule has 2 heterocycles. The van der Waals surface area contributed by atoms with E-state index in [1.54, 1.807) is 13.0 Å². The number of hydrogen-bond donors (Lipinski definition) is 2. The SMILES string of the molecule is Cc1nc(NC2(C)CCNC2)ccc1[N+](=O)[O-]. The van der Waals surface area contributed by atoms with Crippen LogP contribution in [0.2, 0.25) is 0 Å². The maximum atomic E-state index is 10.7. The second-order valence-corrected chi connectivity index (χ2v) is 4.67. The van der Waals surface area contributed by atoms with E-state index in [1.165, 1.54) is 6.07 Å². The molecule has 1 aromatic heterocycles. The third-order valence-corrected chi connectivity index (χ3v) is 3.05. The standard InChI is InChI=1S/C11H16N4O2/c1-8-9(15(16)17)3-4-10(13-8)14-11(2)5-6-12-7-11/h3-4,12H,5-7H2,1-2H3,(H,13,14). The number of nitro groups is 1. The van der Waals surface area contributed by atoms with Gasteiger partial charge in [0, 0.05) is 18.2 Å². The van der Waals surface area contributed by atoms with Crippen LogP contribution in [0, 0.1) is 17.0 Å². The van der Waals surface area contributed by atoms with Crippen molar-refractivity contribution in [2.75, 3.05) is 18.4 Å². The maximum absolute atomic E-state index is 10.7. The summed E-state index contributed by atoms with van der Waals surface area (Å²) in [6.07, 6.45) is 1.02. The van der Waals surface area contributed by atoms with Crippen LogP contribution in [0.15, 0.2) is 12.1 Å². The van der Waals surface area contributed by atoms with Crippen LogP contribution in [0.1, 0.15) is 19.0 Å². The van der Waals surface area contributed by atoms with E-state index in [-0.39, 0.29) is 11.2 Å². The highest BCUT2D eigenvalue weighted by Gasteiger charge is 2.28. The summed E-state index contributed by atoms with van der Waals surface area (Å²) in [4.78, 5) is 14.5. The zero-order valence-corrected chi connectivity index (χ0v) is 9.99. The normalized spacial score (nSPS) is 23.6. The highest BCUT2D eigenvalue weighted by atomic mass is 16.6. The minimum absolute atomic E-state index is 0.0183. The van der Waals surface area contributed by atoms with Gasteiger partial charge in [-0.25, -0.2) is 4.98 Å². The van der Waals surface area contributed by atoms with Crippen LogP contribution in [0.3, 0.4) is 0 Å². The summed E-state index contributed by atoms with van der Waals surface area (Å²) in [6.45, 7) is 5.63. The highest BCUT2D eigenvalue weighted by Crippen LogP contribution is 2.23. The Labute approximate surface area is 99.6 Å². The molecule has 1 unspecified atom stereocenters. The minimum atomic E-state index is -0.412. The van der Waals surface area contributed by atoms with E-state index in [1.807, 2.05) is 0 Å². The summed E-state index contributed by atoms with van der Waals surface area (Å²) in [5.41, 5.74) is 0.482. The van der Waals surface area contributed by atoms with Crippen LogP contribution in [0.25, 0.3) is 0 Å². The Morgan fingerprint density at radius 2 is 2.35 bits per heavy atom. The van der Waals surface area contributed by atoms with Gasteiger partial charge in [0.15, 0.2) is 0 Å². The van der Waals surface area contributed by atoms with Gasteiger partial charge in [-0.15, -0.1) is 0 Å². The van der Waals surface area contributed by atoms with E-state index in [9.17, 15) is 10.1 Å². The number of hydrogen-bond acceptors (Lipinski definition) is 5. The molecule has 0 amide bonds. The second-order valence-electron chi connectivity index (χ2n) is 4.67. The summed E-state index contributed by atoms with van der Waals surface area (Å²) < 4.78 is 0. The number of nitrogens with one attached hydrogen (secondary N) is 2. The zero-order chi connectivity index (χ0) is 12.5. The van der Waals surface area contributed by atoms with Crippen molar-refractivity contribution in [3.8, 4) is 0 Å². The fourth-order valence-electron chi connectivity index (χ4n) is 2.05. The molecule has 0 spiro atoms. The van der Waals surface area contributed by atoms with Gasteiger partial charge in [-0.05, 0) is 32.9 Å². The van der Waals surface area contributed by atoms with Crippen LogP contribution < -0.4 is 10.6 Å². The summed E-state index contributed by atoms with van der Waals surface area (Å²) in [7, 11) is 0. The number of aromatic nitrogens is 1. The van der Waals surface area contributed by atoms with Crippen molar-refractivity contribution in [1.29, 1.82) is 0 Å². The van der Waals surface area contributed by atoms with Gasteiger partial charge in [-0.3, -0.25) is 10.1 Å². The van der Waals surface area contributed by atoms with Crippen LogP contribution in [-0.4, -0.2) is 28.5 Å². The third kappa shape index (κ3) is 2.52. The monoisotopic (exact) mass is 236 g/mol. The predicted octanol–water partition coefficient (Wildman–Crippen LogP) is 1.46. The van der Waals surface area contributed by atoms with E-state index >= 15 is 0 Å². The Morgan fingerprint density at radius 1 is 1.59 bits per heavy atom. The molecule has 2 rings (SSSR count). The van der Waals surface area contributed by atoms with Gasteiger partial charge < -0.3 is 10.6 Å². The van der Waals surface area contributed by atoms with Crippen LogP contribution in [0.4, 0.5) is 11.5 Å². The van der Waals surface area contributed by atoms with Crippen molar-refractivity contribution < 1.29 is 4.92 Å². The summed E-state index contributed by atoms with van der Waals surface area (Å²) in [6, 6.07) is 3.16. The Bertz CT molecular complexity index is 441. The average molecular weight is 236 g/mol. The van der Waals surface area contributed by atoms with Crippen molar-refractivity contribution in [3.63, 3.8) is 0 Å². The first-order valence-electron chi connectivity index (χ1n) is 5.61. The lowest BCUT2D eigenvalue weighted by atomic mass is 10.0. The largest absolute Gasteiger partial charge is 0.364 e. The molecule has 0 bridgehead atoms. The molecule has 1 fully saturated rings. The van der Waals surface area contributed by atoms with E-state index in [2.05, 4.69) is 22.5 Å². The number of nitrogens with zero attached hydrogens (tertiary/aromatic N) is 2. The molecule has 1 atom stereocenters. The average Bonchev–Trinajstić information content (AvgIpc) is 2.64. The number of anilines is 1. The molecule has 2 N–H and O–H groups in total. The van der Waals surface area contributed by atoms with Crippen LogP contribution >= 0.6 is 0 Å². The number of aryl methyl sites for hydroxylation is 1. The summed E-state index contributed by atoms with van der Waals surface area (Å²) in [5, 5.41) is 17.3. The molecule has 1 aromatic rings. The van der Waals surface area contributed by atoms with Gasteiger partial charge in [-0.2, -0.15) is 0 Å². The predicted molar refractivity (Wildman–Crippen MR) is 65.1 cm³/mol. The van der Waals surface area contributed by atoms with Crippen LogP contribution in [-0.2, 0) is 0 Å². The Balaban J connectivity index is 2.17. The molecule has 1 saturated heterocycles. The molecular formula is C11H16N4O2. The molecule has 6 nitrogen and oxygen atoms in total. The highest BCUT2D eigenvalue weighted by molar-refractivity contribution is 5.46. The lowest BCUT2D eigenvalue weighted by Crippen LogP contribution is -2.37. The Morgan fingerprint density at radius 3 is 2.88 bits per heavy atom. The van der Waals surface area contributed by atoms with Gasteiger partial charge in [0.25, 0.3) is 5.69 Å². The lowest BCUT2D eigenvalue weighted by molar-refractivity contribution is -0.385. The van der Waals surface area contributed by atoms with Crippen molar-refractivity contribution in [1.82, 2.24) is 10.3 Å².